The zero-order valence-corrected chi connectivity index (χ0v) is 13.8. The van der Waals surface area contributed by atoms with Crippen molar-refractivity contribution in [3.63, 3.8) is 0 Å². The minimum atomic E-state index is -3.70. The van der Waals surface area contributed by atoms with E-state index in [0.29, 0.717) is 13.0 Å². The van der Waals surface area contributed by atoms with E-state index >= 15 is 0 Å². The van der Waals surface area contributed by atoms with E-state index in [9.17, 15) is 18.3 Å². The number of aliphatic hydroxyl groups excluding tert-OH is 1. The quantitative estimate of drug-likeness (QED) is 0.829. The Kier molecular flexibility index (Phi) is 4.72. The number of hydrogen-bond acceptors (Lipinski definition) is 4. The van der Waals surface area contributed by atoms with E-state index in [1.54, 1.807) is 6.92 Å². The highest BCUT2D eigenvalue weighted by Gasteiger charge is 2.35. The van der Waals surface area contributed by atoms with Gasteiger partial charge in [-0.25, -0.2) is 13.2 Å². The molecule has 1 aliphatic heterocycles. The van der Waals surface area contributed by atoms with Crippen LogP contribution in [-0.4, -0.2) is 48.1 Å². The number of carboxylic acids is 1. The molecule has 21 heavy (non-hydrogen) atoms. The lowest BCUT2D eigenvalue weighted by molar-refractivity contribution is 0.0696. The molecule has 1 aromatic rings. The van der Waals surface area contributed by atoms with Crippen molar-refractivity contribution in [1.29, 1.82) is 0 Å². The van der Waals surface area contributed by atoms with Crippen molar-refractivity contribution in [3.8, 4) is 0 Å². The Hall–Kier alpha value is -0.960. The number of carboxylic acid groups (broad SMARTS) is 1. The van der Waals surface area contributed by atoms with E-state index in [2.05, 4.69) is 15.9 Å². The van der Waals surface area contributed by atoms with Gasteiger partial charge in [0.15, 0.2) is 0 Å². The van der Waals surface area contributed by atoms with Crippen LogP contribution in [0.2, 0.25) is 0 Å². The fourth-order valence-corrected chi connectivity index (χ4v) is 4.90. The van der Waals surface area contributed by atoms with Crippen molar-refractivity contribution in [2.75, 3.05) is 13.1 Å². The number of sulfonamides is 1. The number of nitrogens with zero attached hydrogens (tertiary/aromatic N) is 1. The van der Waals surface area contributed by atoms with Crippen LogP contribution < -0.4 is 0 Å². The molecule has 8 heteroatoms. The molecule has 1 aliphatic rings. The van der Waals surface area contributed by atoms with Crippen LogP contribution in [0.3, 0.4) is 0 Å². The molecule has 0 bridgehead atoms. The molecule has 6 nitrogen and oxygen atoms in total. The Labute approximate surface area is 131 Å². The van der Waals surface area contributed by atoms with Crippen molar-refractivity contribution in [2.24, 2.45) is 5.92 Å². The summed E-state index contributed by atoms with van der Waals surface area (Å²) in [5.41, 5.74) is 0.0177. The first kappa shape index (κ1) is 16.4. The van der Waals surface area contributed by atoms with Crippen molar-refractivity contribution < 1.29 is 23.4 Å². The summed E-state index contributed by atoms with van der Waals surface area (Å²) in [6.07, 6.45) is 0.0601. The molecule has 116 valence electrons. The Balaban J connectivity index is 2.31. The standard InChI is InChI=1S/C13H16BrNO5S/c1-8(16)10-4-5-15(7-10)21(19,20)12-3-2-9(13(17)18)6-11(12)14/h2-3,6,8,10,16H,4-5,7H2,1H3,(H,17,18). The van der Waals surface area contributed by atoms with Gasteiger partial charge < -0.3 is 10.2 Å². The maximum atomic E-state index is 12.6. The summed E-state index contributed by atoms with van der Waals surface area (Å²) in [6, 6.07) is 3.83. The Bertz CT molecular complexity index is 659. The number of benzene rings is 1. The van der Waals surface area contributed by atoms with Crippen LogP contribution >= 0.6 is 15.9 Å². The summed E-state index contributed by atoms with van der Waals surface area (Å²) in [5.74, 6) is -1.19. The highest BCUT2D eigenvalue weighted by molar-refractivity contribution is 9.10. The summed E-state index contributed by atoms with van der Waals surface area (Å²) in [5, 5.41) is 18.5. The van der Waals surface area contributed by atoms with E-state index in [-0.39, 0.29) is 27.4 Å². The number of halogens is 1. The highest BCUT2D eigenvalue weighted by atomic mass is 79.9. The first-order valence-corrected chi connectivity index (χ1v) is 8.68. The van der Waals surface area contributed by atoms with Crippen LogP contribution in [0.4, 0.5) is 0 Å². The van der Waals surface area contributed by atoms with Crippen LogP contribution in [0.15, 0.2) is 27.6 Å². The molecular weight excluding hydrogens is 362 g/mol. The van der Waals surface area contributed by atoms with Crippen molar-refractivity contribution in [1.82, 2.24) is 4.31 Å². The van der Waals surface area contributed by atoms with Gasteiger partial charge in [-0.3, -0.25) is 0 Å². The smallest absolute Gasteiger partial charge is 0.335 e. The third-order valence-electron chi connectivity index (χ3n) is 3.67. The summed E-state index contributed by atoms with van der Waals surface area (Å²) < 4.78 is 26.7. The topological polar surface area (TPSA) is 94.9 Å². The number of rotatable bonds is 4. The lowest BCUT2D eigenvalue weighted by Crippen LogP contribution is -2.30. The van der Waals surface area contributed by atoms with Gasteiger partial charge in [0.1, 0.15) is 0 Å². The monoisotopic (exact) mass is 377 g/mol. The number of hydrogen-bond donors (Lipinski definition) is 2. The normalized spacial score (nSPS) is 21.4. The molecule has 0 spiro atoms. The second-order valence-corrected chi connectivity index (χ2v) is 7.86. The van der Waals surface area contributed by atoms with Crippen LogP contribution in [0.25, 0.3) is 0 Å². The van der Waals surface area contributed by atoms with Gasteiger partial charge in [0.05, 0.1) is 16.6 Å². The zero-order chi connectivity index (χ0) is 15.8. The lowest BCUT2D eigenvalue weighted by Gasteiger charge is -2.18. The summed E-state index contributed by atoms with van der Waals surface area (Å²) in [6.45, 7) is 2.27. The van der Waals surface area contributed by atoms with Gasteiger partial charge in [0.25, 0.3) is 0 Å². The number of carbonyl (C=O) groups is 1. The first-order chi connectivity index (χ1) is 9.73. The fraction of sp³-hybridized carbons (Fsp3) is 0.462. The van der Waals surface area contributed by atoms with E-state index in [4.69, 9.17) is 5.11 Å². The first-order valence-electron chi connectivity index (χ1n) is 6.44. The molecule has 2 N–H and O–H groups in total. The summed E-state index contributed by atoms with van der Waals surface area (Å²) in [4.78, 5) is 10.9. The largest absolute Gasteiger partial charge is 0.478 e. The van der Waals surface area contributed by atoms with Gasteiger partial charge in [-0.15, -0.1) is 0 Å². The minimum Gasteiger partial charge on any atom is -0.478 e. The average Bonchev–Trinajstić information content (AvgIpc) is 2.88. The van der Waals surface area contributed by atoms with Gasteiger partial charge in [-0.1, -0.05) is 0 Å². The van der Waals surface area contributed by atoms with Crippen molar-refractivity contribution in [3.05, 3.63) is 28.2 Å². The summed E-state index contributed by atoms with van der Waals surface area (Å²) >= 11 is 3.12. The molecule has 2 rings (SSSR count). The third-order valence-corrected chi connectivity index (χ3v) is 6.51. The Morgan fingerprint density at radius 2 is 2.14 bits per heavy atom. The number of aliphatic hydroxyl groups is 1. The van der Waals surface area contributed by atoms with E-state index in [1.807, 2.05) is 0 Å². The Morgan fingerprint density at radius 1 is 1.48 bits per heavy atom. The molecule has 1 fully saturated rings. The molecule has 0 radical (unpaired) electrons. The molecular formula is C13H16BrNO5S. The molecule has 0 saturated carbocycles. The van der Waals surface area contributed by atoms with E-state index < -0.39 is 22.1 Å². The molecule has 0 amide bonds. The average molecular weight is 378 g/mol. The minimum absolute atomic E-state index is 0.0177. The van der Waals surface area contributed by atoms with Crippen LogP contribution in [-0.2, 0) is 10.0 Å². The number of aromatic carboxylic acids is 1. The zero-order valence-electron chi connectivity index (χ0n) is 11.4. The van der Waals surface area contributed by atoms with Crippen LogP contribution in [0.1, 0.15) is 23.7 Å². The lowest BCUT2D eigenvalue weighted by atomic mass is 10.0. The van der Waals surface area contributed by atoms with Crippen molar-refractivity contribution >= 4 is 31.9 Å². The van der Waals surface area contributed by atoms with Gasteiger partial charge in [0, 0.05) is 17.6 Å². The second kappa shape index (κ2) is 6.04. The van der Waals surface area contributed by atoms with E-state index in [0.717, 1.165) is 0 Å². The van der Waals surface area contributed by atoms with Gasteiger partial charge in [-0.05, 0) is 53.4 Å². The molecule has 0 aliphatic carbocycles. The molecule has 2 atom stereocenters. The molecule has 1 heterocycles. The van der Waals surface area contributed by atoms with Crippen LogP contribution in [0, 0.1) is 5.92 Å². The Morgan fingerprint density at radius 3 is 2.62 bits per heavy atom. The molecule has 0 aromatic heterocycles. The molecule has 1 aromatic carbocycles. The highest BCUT2D eigenvalue weighted by Crippen LogP contribution is 2.30. The molecule has 1 saturated heterocycles. The maximum absolute atomic E-state index is 12.6. The van der Waals surface area contributed by atoms with Crippen molar-refractivity contribution in [2.45, 2.75) is 24.3 Å². The van der Waals surface area contributed by atoms with Gasteiger partial charge in [-0.2, -0.15) is 4.31 Å². The van der Waals surface area contributed by atoms with E-state index in [1.165, 1.54) is 22.5 Å². The fourth-order valence-electron chi connectivity index (χ4n) is 2.35. The maximum Gasteiger partial charge on any atom is 0.335 e. The summed E-state index contributed by atoms with van der Waals surface area (Å²) in [7, 11) is -3.70. The van der Waals surface area contributed by atoms with Gasteiger partial charge in [0.2, 0.25) is 10.0 Å². The predicted molar refractivity (Wildman–Crippen MR) is 79.6 cm³/mol. The SMILES string of the molecule is CC(O)C1CCN(S(=O)(=O)c2ccc(C(=O)O)cc2Br)C1. The third kappa shape index (κ3) is 3.28. The predicted octanol–water partition coefficient (Wildman–Crippen LogP) is 1.54. The molecule has 2 unspecified atom stereocenters. The van der Waals surface area contributed by atoms with Gasteiger partial charge >= 0.3 is 5.97 Å². The van der Waals surface area contributed by atoms with Crippen LogP contribution in [0.5, 0.6) is 0 Å². The second-order valence-electron chi connectivity index (χ2n) is 5.10.